The van der Waals surface area contributed by atoms with Crippen LogP contribution < -0.4 is 5.32 Å². The van der Waals surface area contributed by atoms with Crippen molar-refractivity contribution in [3.05, 3.63) is 42.1 Å². The third-order valence-electron chi connectivity index (χ3n) is 4.67. The summed E-state index contributed by atoms with van der Waals surface area (Å²) in [5.41, 5.74) is 1.01. The molecule has 1 fully saturated rings. The van der Waals surface area contributed by atoms with E-state index in [4.69, 9.17) is 4.42 Å². The molecule has 1 unspecified atom stereocenters. The maximum Gasteiger partial charge on any atom is 0.317 e. The van der Waals surface area contributed by atoms with Crippen LogP contribution in [0.1, 0.15) is 36.6 Å². The molecule has 2 aromatic heterocycles. The molecule has 1 aliphatic heterocycles. The second kappa shape index (κ2) is 8.20. The van der Waals surface area contributed by atoms with Crippen molar-refractivity contribution >= 4 is 6.03 Å². The van der Waals surface area contributed by atoms with Crippen LogP contribution in [-0.2, 0) is 13.6 Å². The highest BCUT2D eigenvalue weighted by atomic mass is 16.3. The Bertz CT molecular complexity index is 661. The Morgan fingerprint density at radius 1 is 1.40 bits per heavy atom. The number of carbonyl (C=O) groups is 1. The predicted octanol–water partition coefficient (Wildman–Crippen LogP) is 2.38. The summed E-state index contributed by atoms with van der Waals surface area (Å²) < 4.78 is 7.36. The van der Waals surface area contributed by atoms with Crippen molar-refractivity contribution in [2.24, 2.45) is 7.05 Å². The van der Waals surface area contributed by atoms with E-state index in [0.717, 1.165) is 24.4 Å². The maximum absolute atomic E-state index is 12.4. The number of rotatable bonds is 6. The number of furan rings is 1. The second-order valence-corrected chi connectivity index (χ2v) is 6.69. The van der Waals surface area contributed by atoms with Crippen LogP contribution in [-0.4, -0.2) is 52.3 Å². The van der Waals surface area contributed by atoms with E-state index in [0.29, 0.717) is 13.1 Å². The molecule has 7 heteroatoms. The van der Waals surface area contributed by atoms with E-state index in [2.05, 4.69) is 15.3 Å². The van der Waals surface area contributed by atoms with Crippen molar-refractivity contribution in [2.45, 2.75) is 31.8 Å². The molecule has 0 spiro atoms. The van der Waals surface area contributed by atoms with Gasteiger partial charge in [-0.25, -0.2) is 4.79 Å². The highest BCUT2D eigenvalue weighted by Crippen LogP contribution is 2.24. The molecule has 1 saturated heterocycles. The van der Waals surface area contributed by atoms with Gasteiger partial charge in [0.1, 0.15) is 5.76 Å². The molecule has 7 nitrogen and oxygen atoms in total. The number of nitrogens with zero attached hydrogens (tertiary/aromatic N) is 4. The number of amides is 2. The largest absolute Gasteiger partial charge is 0.468 e. The van der Waals surface area contributed by atoms with Gasteiger partial charge in [-0.2, -0.15) is 5.10 Å². The minimum Gasteiger partial charge on any atom is -0.468 e. The summed E-state index contributed by atoms with van der Waals surface area (Å²) in [6, 6.07) is 3.90. The molecule has 3 heterocycles. The fourth-order valence-electron chi connectivity index (χ4n) is 3.34. The number of hydrogen-bond acceptors (Lipinski definition) is 4. The van der Waals surface area contributed by atoms with Crippen LogP contribution in [0.3, 0.4) is 0 Å². The van der Waals surface area contributed by atoms with Gasteiger partial charge in [-0.05, 0) is 38.1 Å². The van der Waals surface area contributed by atoms with Crippen LogP contribution in [0, 0.1) is 0 Å². The van der Waals surface area contributed by atoms with Gasteiger partial charge in [0.05, 0.1) is 25.0 Å². The Balaban J connectivity index is 1.57. The van der Waals surface area contributed by atoms with E-state index in [-0.39, 0.29) is 12.1 Å². The standard InChI is InChI=1S/C18H27N5O2/c1-21(13-15-11-20-22(2)14-15)18(24)19-12-16(17-7-6-10-25-17)23-8-4-3-5-9-23/h6-7,10-11,14,16H,3-5,8-9,12-13H2,1-2H3,(H,19,24). The van der Waals surface area contributed by atoms with Crippen LogP contribution in [0.2, 0.25) is 0 Å². The molecule has 136 valence electrons. The topological polar surface area (TPSA) is 66.5 Å². The summed E-state index contributed by atoms with van der Waals surface area (Å²) in [5.74, 6) is 0.914. The zero-order valence-electron chi connectivity index (χ0n) is 15.0. The first kappa shape index (κ1) is 17.5. The van der Waals surface area contributed by atoms with Gasteiger partial charge in [0.15, 0.2) is 0 Å². The quantitative estimate of drug-likeness (QED) is 0.873. The molecule has 1 atom stereocenters. The van der Waals surface area contributed by atoms with Crippen molar-refractivity contribution in [1.29, 1.82) is 0 Å². The number of piperidine rings is 1. The summed E-state index contributed by atoms with van der Waals surface area (Å²) in [6.07, 6.45) is 9.08. The monoisotopic (exact) mass is 345 g/mol. The van der Waals surface area contributed by atoms with E-state index >= 15 is 0 Å². The number of urea groups is 1. The van der Waals surface area contributed by atoms with Gasteiger partial charge < -0.3 is 14.6 Å². The third-order valence-corrected chi connectivity index (χ3v) is 4.67. The number of hydrogen-bond donors (Lipinski definition) is 1. The molecule has 1 N–H and O–H groups in total. The maximum atomic E-state index is 12.4. The molecule has 3 rings (SSSR count). The normalized spacial score (nSPS) is 16.6. The molecule has 0 radical (unpaired) electrons. The Hall–Kier alpha value is -2.28. The molecule has 1 aliphatic rings. The number of aromatic nitrogens is 2. The van der Waals surface area contributed by atoms with E-state index in [9.17, 15) is 4.79 Å². The Morgan fingerprint density at radius 2 is 2.20 bits per heavy atom. The highest BCUT2D eigenvalue weighted by molar-refractivity contribution is 5.73. The van der Waals surface area contributed by atoms with Gasteiger partial charge in [0.2, 0.25) is 0 Å². The fraction of sp³-hybridized carbons (Fsp3) is 0.556. The number of carbonyl (C=O) groups excluding carboxylic acids is 1. The second-order valence-electron chi connectivity index (χ2n) is 6.69. The SMILES string of the molecule is CN(Cc1cnn(C)c1)C(=O)NCC(c1ccco1)N1CCCCC1. The summed E-state index contributed by atoms with van der Waals surface area (Å²) in [7, 11) is 3.67. The molecule has 0 bridgehead atoms. The van der Waals surface area contributed by atoms with Crippen molar-refractivity contribution in [2.75, 3.05) is 26.7 Å². The van der Waals surface area contributed by atoms with E-state index < -0.39 is 0 Å². The molecular formula is C18H27N5O2. The summed E-state index contributed by atoms with van der Waals surface area (Å²) in [5, 5.41) is 7.19. The minimum atomic E-state index is -0.0857. The number of nitrogens with one attached hydrogen (secondary N) is 1. The molecule has 2 amide bonds. The van der Waals surface area contributed by atoms with Gasteiger partial charge in [0, 0.05) is 32.4 Å². The van der Waals surface area contributed by atoms with Gasteiger partial charge in [-0.15, -0.1) is 0 Å². The molecular weight excluding hydrogens is 318 g/mol. The third kappa shape index (κ3) is 4.63. The lowest BCUT2D eigenvalue weighted by molar-refractivity contribution is 0.140. The van der Waals surface area contributed by atoms with Gasteiger partial charge in [0.25, 0.3) is 0 Å². The smallest absolute Gasteiger partial charge is 0.317 e. The van der Waals surface area contributed by atoms with Crippen LogP contribution >= 0.6 is 0 Å². The summed E-state index contributed by atoms with van der Waals surface area (Å²) >= 11 is 0. The van der Waals surface area contributed by atoms with E-state index in [1.165, 1.54) is 19.3 Å². The predicted molar refractivity (Wildman–Crippen MR) is 94.9 cm³/mol. The van der Waals surface area contributed by atoms with Crippen molar-refractivity contribution < 1.29 is 9.21 Å². The molecule has 0 saturated carbocycles. The van der Waals surface area contributed by atoms with E-state index in [1.54, 1.807) is 29.1 Å². The lowest BCUT2D eigenvalue weighted by atomic mass is 10.1. The molecule has 25 heavy (non-hydrogen) atoms. The minimum absolute atomic E-state index is 0.0857. The molecule has 0 aliphatic carbocycles. The Kier molecular flexibility index (Phi) is 5.75. The molecule has 0 aromatic carbocycles. The zero-order chi connectivity index (χ0) is 17.6. The van der Waals surface area contributed by atoms with Crippen LogP contribution in [0.25, 0.3) is 0 Å². The first-order valence-corrected chi connectivity index (χ1v) is 8.87. The number of likely N-dealkylation sites (tertiary alicyclic amines) is 1. The first-order valence-electron chi connectivity index (χ1n) is 8.87. The van der Waals surface area contributed by atoms with Gasteiger partial charge >= 0.3 is 6.03 Å². The average molecular weight is 345 g/mol. The first-order chi connectivity index (χ1) is 12.1. The lowest BCUT2D eigenvalue weighted by Gasteiger charge is -2.33. The molecule has 2 aromatic rings. The lowest BCUT2D eigenvalue weighted by Crippen LogP contribution is -2.44. The summed E-state index contributed by atoms with van der Waals surface area (Å²) in [4.78, 5) is 16.5. The fourth-order valence-corrected chi connectivity index (χ4v) is 3.34. The Morgan fingerprint density at radius 3 is 2.84 bits per heavy atom. The van der Waals surface area contributed by atoms with Crippen LogP contribution in [0.5, 0.6) is 0 Å². The van der Waals surface area contributed by atoms with E-state index in [1.807, 2.05) is 25.4 Å². The van der Waals surface area contributed by atoms with Crippen LogP contribution in [0.15, 0.2) is 35.2 Å². The van der Waals surface area contributed by atoms with Crippen molar-refractivity contribution in [3.8, 4) is 0 Å². The average Bonchev–Trinajstić information content (AvgIpc) is 3.28. The van der Waals surface area contributed by atoms with Crippen LogP contribution in [0.4, 0.5) is 4.79 Å². The highest BCUT2D eigenvalue weighted by Gasteiger charge is 2.25. The van der Waals surface area contributed by atoms with Gasteiger partial charge in [-0.3, -0.25) is 9.58 Å². The zero-order valence-corrected chi connectivity index (χ0v) is 15.0. The summed E-state index contributed by atoms with van der Waals surface area (Å²) in [6.45, 7) is 3.18. The van der Waals surface area contributed by atoms with Gasteiger partial charge in [-0.1, -0.05) is 6.42 Å². The van der Waals surface area contributed by atoms with Crippen molar-refractivity contribution in [1.82, 2.24) is 24.9 Å². The Labute approximate surface area is 148 Å². The number of aryl methyl sites for hydroxylation is 1. The van der Waals surface area contributed by atoms with Crippen molar-refractivity contribution in [3.63, 3.8) is 0 Å².